The minimum atomic E-state index is -0.281. The van der Waals surface area contributed by atoms with Gasteiger partial charge >= 0.3 is 5.97 Å². The minimum Gasteiger partial charge on any atom is -0.456 e. The molecule has 2 bridgehead atoms. The van der Waals surface area contributed by atoms with E-state index < -0.39 is 0 Å². The molecule has 114 valence electrons. The number of likely N-dealkylation sites (tertiary alicyclic amines) is 1. The lowest BCUT2D eigenvalue weighted by Crippen LogP contribution is -2.48. The lowest BCUT2D eigenvalue weighted by Gasteiger charge is -2.36. The van der Waals surface area contributed by atoms with Crippen LogP contribution in [0.25, 0.3) is 0 Å². The summed E-state index contributed by atoms with van der Waals surface area (Å²) in [5, 5.41) is 3.62. The van der Waals surface area contributed by atoms with Crippen LogP contribution in [-0.2, 0) is 14.3 Å². The Labute approximate surface area is 124 Å². The van der Waals surface area contributed by atoms with Crippen molar-refractivity contribution in [3.8, 4) is 0 Å². The van der Waals surface area contributed by atoms with Crippen LogP contribution >= 0.6 is 0 Å². The van der Waals surface area contributed by atoms with Gasteiger partial charge in [-0.25, -0.2) is 4.79 Å². The number of nitrogens with zero attached hydrogens (tertiary/aromatic N) is 1. The van der Waals surface area contributed by atoms with Crippen molar-refractivity contribution in [2.24, 2.45) is 5.41 Å². The number of piperidine rings is 1. The van der Waals surface area contributed by atoms with Gasteiger partial charge in [-0.05, 0) is 46.0 Å². The number of carbonyl (C=O) groups is 2. The standard InChI is InChI=1S/C16H22N2O3/c1-9-5-16(6-11-3-4-12(7-16)17-11)15(20)18(9)13-8-21-14(19)10(13)2/h9,11-12,17H,3-8H2,1-2H3/t9-,11-,12+,16?/m1/s1. The number of rotatable bonds is 1. The quantitative estimate of drug-likeness (QED) is 0.740. The fourth-order valence-electron chi connectivity index (χ4n) is 4.90. The monoisotopic (exact) mass is 290 g/mol. The number of amides is 1. The van der Waals surface area contributed by atoms with Crippen LogP contribution < -0.4 is 5.32 Å². The van der Waals surface area contributed by atoms with Crippen molar-refractivity contribution in [3.63, 3.8) is 0 Å². The normalized spacial score (nSPS) is 42.4. The van der Waals surface area contributed by atoms with E-state index in [4.69, 9.17) is 4.74 Å². The summed E-state index contributed by atoms with van der Waals surface area (Å²) in [6.45, 7) is 4.11. The van der Waals surface area contributed by atoms with Gasteiger partial charge in [0, 0.05) is 18.1 Å². The largest absolute Gasteiger partial charge is 0.456 e. The van der Waals surface area contributed by atoms with Gasteiger partial charge in [0.25, 0.3) is 0 Å². The zero-order valence-corrected chi connectivity index (χ0v) is 12.6. The lowest BCUT2D eigenvalue weighted by atomic mass is 9.73. The molecular formula is C16H22N2O3. The van der Waals surface area contributed by atoms with Crippen molar-refractivity contribution in [3.05, 3.63) is 11.3 Å². The number of nitrogens with one attached hydrogen (secondary N) is 1. The summed E-state index contributed by atoms with van der Waals surface area (Å²) < 4.78 is 5.10. The van der Waals surface area contributed by atoms with Gasteiger partial charge in [0.2, 0.25) is 5.91 Å². The number of esters is 1. The molecule has 4 heterocycles. The van der Waals surface area contributed by atoms with Crippen LogP contribution in [-0.4, -0.2) is 41.5 Å². The van der Waals surface area contributed by atoms with Crippen LogP contribution in [0, 0.1) is 5.41 Å². The summed E-state index contributed by atoms with van der Waals surface area (Å²) in [6.07, 6.45) is 5.19. The van der Waals surface area contributed by atoms with Crippen LogP contribution in [0.4, 0.5) is 0 Å². The average molecular weight is 290 g/mol. The topological polar surface area (TPSA) is 58.6 Å². The van der Waals surface area contributed by atoms with E-state index in [9.17, 15) is 9.59 Å². The molecule has 4 rings (SSSR count). The van der Waals surface area contributed by atoms with E-state index in [0.717, 1.165) is 25.0 Å². The van der Waals surface area contributed by atoms with Crippen LogP contribution in [0.2, 0.25) is 0 Å². The second kappa shape index (κ2) is 4.32. The molecule has 5 heteroatoms. The van der Waals surface area contributed by atoms with Gasteiger partial charge in [-0.1, -0.05) is 0 Å². The number of cyclic esters (lactones) is 1. The number of fused-ring (bicyclic) bond motifs is 2. The van der Waals surface area contributed by atoms with Gasteiger partial charge in [-0.2, -0.15) is 0 Å². The first kappa shape index (κ1) is 13.3. The summed E-state index contributed by atoms with van der Waals surface area (Å²) in [4.78, 5) is 26.6. The van der Waals surface area contributed by atoms with Crippen molar-refractivity contribution in [1.82, 2.24) is 10.2 Å². The maximum Gasteiger partial charge on any atom is 0.336 e. The molecule has 4 aliphatic rings. The van der Waals surface area contributed by atoms with Crippen LogP contribution in [0.15, 0.2) is 11.3 Å². The molecule has 21 heavy (non-hydrogen) atoms. The average Bonchev–Trinajstić information content (AvgIpc) is 3.02. The molecule has 5 nitrogen and oxygen atoms in total. The third-order valence-electron chi connectivity index (χ3n) is 5.78. The molecule has 3 saturated heterocycles. The van der Waals surface area contributed by atoms with E-state index in [1.54, 1.807) is 6.92 Å². The zero-order chi connectivity index (χ0) is 14.8. The smallest absolute Gasteiger partial charge is 0.336 e. The molecule has 0 aromatic heterocycles. The summed E-state index contributed by atoms with van der Waals surface area (Å²) in [7, 11) is 0. The van der Waals surface area contributed by atoms with Gasteiger partial charge in [0.05, 0.1) is 16.7 Å². The SMILES string of the molecule is CC1=C(N2C(=O)C3(C[C@H]4CC[C@@H](C3)N4)C[C@H]2C)COC1=O. The Balaban J connectivity index is 1.67. The molecule has 0 aliphatic carbocycles. The predicted molar refractivity (Wildman–Crippen MR) is 76.2 cm³/mol. The second-order valence-corrected chi connectivity index (χ2v) is 7.20. The summed E-state index contributed by atoms with van der Waals surface area (Å²) in [6, 6.07) is 1.15. The van der Waals surface area contributed by atoms with Crippen molar-refractivity contribution < 1.29 is 14.3 Å². The Kier molecular flexibility index (Phi) is 2.74. The van der Waals surface area contributed by atoms with E-state index in [1.807, 2.05) is 4.90 Å². The Hall–Kier alpha value is -1.36. The molecule has 4 atom stereocenters. The summed E-state index contributed by atoms with van der Waals surface area (Å²) >= 11 is 0. The first-order valence-corrected chi connectivity index (χ1v) is 7.97. The Bertz CT molecular complexity index is 542. The van der Waals surface area contributed by atoms with E-state index >= 15 is 0 Å². The van der Waals surface area contributed by atoms with Crippen LogP contribution in [0.3, 0.4) is 0 Å². The highest BCUT2D eigenvalue weighted by molar-refractivity contribution is 5.94. The van der Waals surface area contributed by atoms with E-state index in [-0.39, 0.29) is 29.9 Å². The third kappa shape index (κ3) is 1.79. The molecule has 0 aromatic rings. The highest BCUT2D eigenvalue weighted by Gasteiger charge is 2.56. The van der Waals surface area contributed by atoms with Gasteiger partial charge in [-0.3, -0.25) is 4.79 Å². The van der Waals surface area contributed by atoms with Crippen molar-refractivity contribution >= 4 is 11.9 Å². The third-order valence-corrected chi connectivity index (χ3v) is 5.78. The van der Waals surface area contributed by atoms with Crippen LogP contribution in [0.1, 0.15) is 46.0 Å². The Morgan fingerprint density at radius 2 is 1.86 bits per heavy atom. The molecule has 1 amide bonds. The van der Waals surface area contributed by atoms with Gasteiger partial charge in [0.1, 0.15) is 6.61 Å². The zero-order valence-electron chi connectivity index (χ0n) is 12.6. The minimum absolute atomic E-state index is 0.162. The van der Waals surface area contributed by atoms with Crippen molar-refractivity contribution in [2.75, 3.05) is 6.61 Å². The molecular weight excluding hydrogens is 268 g/mol. The second-order valence-electron chi connectivity index (χ2n) is 7.20. The number of carbonyl (C=O) groups excluding carboxylic acids is 2. The van der Waals surface area contributed by atoms with E-state index in [1.165, 1.54) is 12.8 Å². The lowest BCUT2D eigenvalue weighted by molar-refractivity contribution is -0.138. The fourth-order valence-corrected chi connectivity index (χ4v) is 4.90. The molecule has 1 unspecified atom stereocenters. The molecule has 3 fully saturated rings. The van der Waals surface area contributed by atoms with E-state index in [2.05, 4.69) is 12.2 Å². The van der Waals surface area contributed by atoms with Crippen molar-refractivity contribution in [1.29, 1.82) is 0 Å². The Morgan fingerprint density at radius 3 is 2.43 bits per heavy atom. The molecule has 0 saturated carbocycles. The molecule has 0 aromatic carbocycles. The van der Waals surface area contributed by atoms with Crippen molar-refractivity contribution in [2.45, 2.75) is 64.1 Å². The molecule has 1 N–H and O–H groups in total. The molecule has 0 radical (unpaired) electrons. The molecule has 4 aliphatic heterocycles. The van der Waals surface area contributed by atoms with Gasteiger partial charge < -0.3 is 15.0 Å². The summed E-state index contributed by atoms with van der Waals surface area (Å²) in [5.41, 5.74) is 1.18. The summed E-state index contributed by atoms with van der Waals surface area (Å²) in [5.74, 6) is -0.0580. The van der Waals surface area contributed by atoms with Gasteiger partial charge in [-0.15, -0.1) is 0 Å². The molecule has 1 spiro atoms. The van der Waals surface area contributed by atoms with Gasteiger partial charge in [0.15, 0.2) is 0 Å². The Morgan fingerprint density at radius 1 is 1.19 bits per heavy atom. The van der Waals surface area contributed by atoms with E-state index in [0.29, 0.717) is 17.7 Å². The highest BCUT2D eigenvalue weighted by atomic mass is 16.5. The first-order chi connectivity index (χ1) is 10.00. The fraction of sp³-hybridized carbons (Fsp3) is 0.750. The predicted octanol–water partition coefficient (Wildman–Crippen LogP) is 1.34. The maximum absolute atomic E-state index is 13.1. The number of hydrogen-bond acceptors (Lipinski definition) is 4. The highest BCUT2D eigenvalue weighted by Crippen LogP contribution is 2.50. The maximum atomic E-state index is 13.1. The number of ether oxygens (including phenoxy) is 1. The first-order valence-electron chi connectivity index (χ1n) is 7.97. The van der Waals surface area contributed by atoms with Crippen LogP contribution in [0.5, 0.6) is 0 Å². The number of hydrogen-bond donors (Lipinski definition) is 1.